The highest BCUT2D eigenvalue weighted by Crippen LogP contribution is 2.22. The Morgan fingerprint density at radius 2 is 1.83 bits per heavy atom. The standard InChI is InChI=1S/C19H19IN2O2/c1-13-2-4-14(5-3-13)11-22-12-15(10-18(22)23)19(24)21-17-8-6-16(20)7-9-17/h2-9,15H,10-12H2,1H3,(H,21,24). The first-order valence-electron chi connectivity index (χ1n) is 7.91. The number of hydrogen-bond acceptors (Lipinski definition) is 2. The molecule has 1 fully saturated rings. The Labute approximate surface area is 155 Å². The minimum absolute atomic E-state index is 0.0401. The Kier molecular flexibility index (Phi) is 5.18. The molecule has 124 valence electrons. The third-order valence-electron chi connectivity index (χ3n) is 4.19. The van der Waals surface area contributed by atoms with Gasteiger partial charge >= 0.3 is 0 Å². The lowest BCUT2D eigenvalue weighted by Gasteiger charge is -2.17. The van der Waals surface area contributed by atoms with Crippen LogP contribution in [0.4, 0.5) is 5.69 Å². The minimum Gasteiger partial charge on any atom is -0.338 e. The van der Waals surface area contributed by atoms with E-state index < -0.39 is 0 Å². The molecule has 1 N–H and O–H groups in total. The first kappa shape index (κ1) is 17.0. The molecule has 1 saturated heterocycles. The van der Waals surface area contributed by atoms with Crippen molar-refractivity contribution in [3.63, 3.8) is 0 Å². The second-order valence-corrected chi connectivity index (χ2v) is 7.40. The molecule has 0 spiro atoms. The molecule has 0 aliphatic carbocycles. The van der Waals surface area contributed by atoms with Crippen LogP contribution >= 0.6 is 22.6 Å². The van der Waals surface area contributed by atoms with Gasteiger partial charge in [-0.15, -0.1) is 0 Å². The van der Waals surface area contributed by atoms with Gasteiger partial charge in [0.1, 0.15) is 0 Å². The third kappa shape index (κ3) is 4.14. The average Bonchev–Trinajstić information content (AvgIpc) is 2.93. The van der Waals surface area contributed by atoms with Crippen LogP contribution in [0.1, 0.15) is 17.5 Å². The van der Waals surface area contributed by atoms with Crippen molar-refractivity contribution < 1.29 is 9.59 Å². The number of rotatable bonds is 4. The lowest BCUT2D eigenvalue weighted by molar-refractivity contribution is -0.128. The molecule has 2 amide bonds. The molecule has 1 heterocycles. The fraction of sp³-hybridized carbons (Fsp3) is 0.263. The second kappa shape index (κ2) is 7.34. The van der Waals surface area contributed by atoms with Gasteiger partial charge in [-0.2, -0.15) is 0 Å². The molecule has 0 radical (unpaired) electrons. The van der Waals surface area contributed by atoms with E-state index in [1.807, 2.05) is 55.5 Å². The van der Waals surface area contributed by atoms with Gasteiger partial charge in [-0.05, 0) is 59.3 Å². The highest BCUT2D eigenvalue weighted by Gasteiger charge is 2.34. The van der Waals surface area contributed by atoms with Crippen LogP contribution in [-0.4, -0.2) is 23.3 Å². The molecule has 5 heteroatoms. The lowest BCUT2D eigenvalue weighted by Crippen LogP contribution is -2.28. The molecule has 2 aromatic rings. The van der Waals surface area contributed by atoms with Crippen molar-refractivity contribution in [2.75, 3.05) is 11.9 Å². The van der Waals surface area contributed by atoms with Crippen LogP contribution < -0.4 is 5.32 Å². The van der Waals surface area contributed by atoms with Crippen molar-refractivity contribution in [2.45, 2.75) is 19.9 Å². The number of nitrogens with zero attached hydrogens (tertiary/aromatic N) is 1. The SMILES string of the molecule is Cc1ccc(CN2CC(C(=O)Nc3ccc(I)cc3)CC2=O)cc1. The third-order valence-corrected chi connectivity index (χ3v) is 4.91. The van der Waals surface area contributed by atoms with E-state index in [1.54, 1.807) is 4.90 Å². The van der Waals surface area contributed by atoms with Crippen molar-refractivity contribution in [3.8, 4) is 0 Å². The smallest absolute Gasteiger partial charge is 0.229 e. The number of aryl methyl sites for hydroxylation is 1. The van der Waals surface area contributed by atoms with E-state index in [1.165, 1.54) is 5.56 Å². The maximum absolute atomic E-state index is 12.4. The molecule has 1 aliphatic heterocycles. The van der Waals surface area contributed by atoms with E-state index in [-0.39, 0.29) is 24.2 Å². The summed E-state index contributed by atoms with van der Waals surface area (Å²) >= 11 is 2.22. The maximum Gasteiger partial charge on any atom is 0.229 e. The number of carbonyl (C=O) groups is 2. The quantitative estimate of drug-likeness (QED) is 0.748. The highest BCUT2D eigenvalue weighted by molar-refractivity contribution is 14.1. The van der Waals surface area contributed by atoms with Gasteiger partial charge in [-0.1, -0.05) is 29.8 Å². The number of carbonyl (C=O) groups excluding carboxylic acids is 2. The number of halogens is 1. The summed E-state index contributed by atoms with van der Waals surface area (Å²) in [6.07, 6.45) is 0.280. The molecule has 0 saturated carbocycles. The van der Waals surface area contributed by atoms with E-state index in [2.05, 4.69) is 27.9 Å². The summed E-state index contributed by atoms with van der Waals surface area (Å²) in [6.45, 7) is 3.07. The molecule has 1 atom stereocenters. The summed E-state index contributed by atoms with van der Waals surface area (Å²) in [6, 6.07) is 15.8. The van der Waals surface area contributed by atoms with Crippen LogP contribution in [0.2, 0.25) is 0 Å². The van der Waals surface area contributed by atoms with Crippen molar-refractivity contribution in [3.05, 3.63) is 63.2 Å². The lowest BCUT2D eigenvalue weighted by atomic mass is 10.1. The van der Waals surface area contributed by atoms with Crippen molar-refractivity contribution in [1.29, 1.82) is 0 Å². The van der Waals surface area contributed by atoms with Gasteiger partial charge in [-0.25, -0.2) is 0 Å². The van der Waals surface area contributed by atoms with Gasteiger partial charge in [-0.3, -0.25) is 9.59 Å². The largest absolute Gasteiger partial charge is 0.338 e. The molecule has 24 heavy (non-hydrogen) atoms. The Balaban J connectivity index is 1.60. The topological polar surface area (TPSA) is 49.4 Å². The predicted octanol–water partition coefficient (Wildman–Crippen LogP) is 3.59. The van der Waals surface area contributed by atoms with Crippen LogP contribution in [0.3, 0.4) is 0 Å². The van der Waals surface area contributed by atoms with Gasteiger partial charge in [0.2, 0.25) is 11.8 Å². The number of hydrogen-bond donors (Lipinski definition) is 1. The number of amides is 2. The van der Waals surface area contributed by atoms with Crippen molar-refractivity contribution in [2.24, 2.45) is 5.92 Å². The van der Waals surface area contributed by atoms with Gasteiger partial charge in [0.25, 0.3) is 0 Å². The molecule has 1 unspecified atom stereocenters. The van der Waals surface area contributed by atoms with Crippen LogP contribution in [0, 0.1) is 16.4 Å². The van der Waals surface area contributed by atoms with E-state index in [4.69, 9.17) is 0 Å². The summed E-state index contributed by atoms with van der Waals surface area (Å²) in [7, 11) is 0. The van der Waals surface area contributed by atoms with E-state index in [0.29, 0.717) is 13.1 Å². The summed E-state index contributed by atoms with van der Waals surface area (Å²) < 4.78 is 1.12. The molecule has 0 bridgehead atoms. The van der Waals surface area contributed by atoms with E-state index >= 15 is 0 Å². The normalized spacial score (nSPS) is 17.2. The van der Waals surface area contributed by atoms with Gasteiger partial charge in [0.05, 0.1) is 5.92 Å². The number of benzene rings is 2. The summed E-state index contributed by atoms with van der Waals surface area (Å²) in [4.78, 5) is 26.4. The van der Waals surface area contributed by atoms with Gasteiger partial charge in [0, 0.05) is 28.8 Å². The Hall–Kier alpha value is -1.89. The van der Waals surface area contributed by atoms with Crippen LogP contribution in [-0.2, 0) is 16.1 Å². The second-order valence-electron chi connectivity index (χ2n) is 6.16. The Morgan fingerprint density at radius 1 is 1.17 bits per heavy atom. The molecule has 3 rings (SSSR count). The molecule has 1 aliphatic rings. The zero-order valence-electron chi connectivity index (χ0n) is 13.5. The summed E-state index contributed by atoms with van der Waals surface area (Å²) in [5.74, 6) is -0.337. The van der Waals surface area contributed by atoms with Crippen molar-refractivity contribution in [1.82, 2.24) is 4.90 Å². The summed E-state index contributed by atoms with van der Waals surface area (Å²) in [5.41, 5.74) is 3.05. The average molecular weight is 434 g/mol. The number of likely N-dealkylation sites (tertiary alicyclic amines) is 1. The Morgan fingerprint density at radius 3 is 2.50 bits per heavy atom. The van der Waals surface area contributed by atoms with Crippen molar-refractivity contribution >= 4 is 40.1 Å². The molecular formula is C19H19IN2O2. The predicted molar refractivity (Wildman–Crippen MR) is 102 cm³/mol. The fourth-order valence-electron chi connectivity index (χ4n) is 2.79. The van der Waals surface area contributed by atoms with E-state index in [0.717, 1.165) is 14.8 Å². The monoisotopic (exact) mass is 434 g/mol. The minimum atomic E-state index is -0.290. The maximum atomic E-state index is 12.4. The summed E-state index contributed by atoms with van der Waals surface area (Å²) in [5, 5.41) is 2.90. The molecule has 2 aromatic carbocycles. The molecule has 4 nitrogen and oxygen atoms in total. The van der Waals surface area contributed by atoms with Crippen LogP contribution in [0.15, 0.2) is 48.5 Å². The van der Waals surface area contributed by atoms with Gasteiger partial charge < -0.3 is 10.2 Å². The zero-order chi connectivity index (χ0) is 17.1. The van der Waals surface area contributed by atoms with Gasteiger partial charge in [0.15, 0.2) is 0 Å². The number of anilines is 1. The zero-order valence-corrected chi connectivity index (χ0v) is 15.6. The molecular weight excluding hydrogens is 415 g/mol. The highest BCUT2D eigenvalue weighted by atomic mass is 127. The van der Waals surface area contributed by atoms with Crippen LogP contribution in [0.5, 0.6) is 0 Å². The number of nitrogens with one attached hydrogen (secondary N) is 1. The fourth-order valence-corrected chi connectivity index (χ4v) is 3.15. The van der Waals surface area contributed by atoms with E-state index in [9.17, 15) is 9.59 Å². The Bertz CT molecular complexity index is 741. The first-order chi connectivity index (χ1) is 11.5. The van der Waals surface area contributed by atoms with Crippen LogP contribution in [0.25, 0.3) is 0 Å². The molecule has 0 aromatic heterocycles. The first-order valence-corrected chi connectivity index (χ1v) is 8.99.